The molecule has 0 saturated heterocycles. The number of aromatic nitrogens is 1. The summed E-state index contributed by atoms with van der Waals surface area (Å²) in [6.45, 7) is 4.12. The number of pyridine rings is 1. The van der Waals surface area contributed by atoms with Crippen LogP contribution in [-0.2, 0) is 6.54 Å². The predicted octanol–water partition coefficient (Wildman–Crippen LogP) is 7.25. The van der Waals surface area contributed by atoms with Gasteiger partial charge in [-0.05, 0) is 79.6 Å². The van der Waals surface area contributed by atoms with Crippen LogP contribution in [0, 0.1) is 0 Å². The minimum Gasteiger partial charge on any atom is -0.497 e. The highest BCUT2D eigenvalue weighted by Crippen LogP contribution is 2.27. The van der Waals surface area contributed by atoms with E-state index in [4.69, 9.17) is 4.74 Å². The average molecular weight is 510 g/mol. The molecule has 9 heteroatoms. The van der Waals surface area contributed by atoms with Crippen molar-refractivity contribution in [3.05, 3.63) is 84.6 Å². The summed E-state index contributed by atoms with van der Waals surface area (Å²) in [6.07, 6.45) is -2.96. The summed E-state index contributed by atoms with van der Waals surface area (Å²) in [6, 6.07) is 20.1. The highest BCUT2D eigenvalue weighted by Gasteiger charge is 2.31. The van der Waals surface area contributed by atoms with Crippen molar-refractivity contribution in [3.8, 4) is 22.6 Å². The molecular formula is C28H26F3N3O3. The fourth-order valence-corrected chi connectivity index (χ4v) is 3.86. The van der Waals surface area contributed by atoms with Crippen LogP contribution in [0.15, 0.2) is 79.0 Å². The molecule has 0 radical (unpaired) electrons. The third-order valence-corrected chi connectivity index (χ3v) is 5.73. The van der Waals surface area contributed by atoms with Crippen LogP contribution in [0.3, 0.4) is 0 Å². The lowest BCUT2D eigenvalue weighted by Gasteiger charge is -2.27. The van der Waals surface area contributed by atoms with Crippen molar-refractivity contribution in [1.29, 1.82) is 0 Å². The Balaban J connectivity index is 1.50. The van der Waals surface area contributed by atoms with Gasteiger partial charge in [-0.15, -0.1) is 13.2 Å². The number of hydrogen-bond donors (Lipinski definition) is 1. The molecular weight excluding hydrogens is 483 g/mol. The molecule has 192 valence electrons. The molecule has 0 aliphatic carbocycles. The van der Waals surface area contributed by atoms with Crippen molar-refractivity contribution >= 4 is 22.6 Å². The zero-order valence-corrected chi connectivity index (χ0v) is 20.5. The number of nitrogens with one attached hydrogen (secondary N) is 1. The lowest BCUT2D eigenvalue weighted by atomic mass is 10.0. The van der Waals surface area contributed by atoms with Gasteiger partial charge < -0.3 is 19.7 Å². The van der Waals surface area contributed by atoms with E-state index in [2.05, 4.69) is 15.0 Å². The highest BCUT2D eigenvalue weighted by atomic mass is 19.4. The summed E-state index contributed by atoms with van der Waals surface area (Å²) in [5.74, 6) is 0.394. The molecule has 37 heavy (non-hydrogen) atoms. The maximum atomic E-state index is 13.0. The molecule has 0 aliphatic heterocycles. The van der Waals surface area contributed by atoms with Gasteiger partial charge >= 0.3 is 12.4 Å². The minimum atomic E-state index is -4.77. The molecule has 0 spiro atoms. The SMILES string of the molecule is COc1ccc2ncc(-c3cccc(CN(C(=O)Nc4ccc(OC(F)(F)F)cc4)C(C)C)c3)cc2c1. The molecule has 0 unspecified atom stereocenters. The molecule has 1 heterocycles. The number of carbonyl (C=O) groups is 1. The van der Waals surface area contributed by atoms with Gasteiger partial charge in [0.2, 0.25) is 0 Å². The van der Waals surface area contributed by atoms with Gasteiger partial charge in [-0.25, -0.2) is 4.79 Å². The molecule has 2 amide bonds. The molecule has 1 N–H and O–H groups in total. The van der Waals surface area contributed by atoms with E-state index in [9.17, 15) is 18.0 Å². The number of carbonyl (C=O) groups excluding carboxylic acids is 1. The number of hydrogen-bond acceptors (Lipinski definition) is 4. The molecule has 0 atom stereocenters. The van der Waals surface area contributed by atoms with Crippen LogP contribution in [0.25, 0.3) is 22.0 Å². The predicted molar refractivity (Wildman–Crippen MR) is 137 cm³/mol. The van der Waals surface area contributed by atoms with Crippen LogP contribution < -0.4 is 14.8 Å². The Morgan fingerprint density at radius 2 is 1.70 bits per heavy atom. The van der Waals surface area contributed by atoms with Gasteiger partial charge in [0.05, 0.1) is 12.6 Å². The number of alkyl halides is 3. The third-order valence-electron chi connectivity index (χ3n) is 5.73. The Labute approximate surface area is 212 Å². The number of ether oxygens (including phenoxy) is 2. The smallest absolute Gasteiger partial charge is 0.497 e. The lowest BCUT2D eigenvalue weighted by Crippen LogP contribution is -2.39. The summed E-state index contributed by atoms with van der Waals surface area (Å²) in [4.78, 5) is 19.2. The van der Waals surface area contributed by atoms with Crippen LogP contribution in [-0.4, -0.2) is 35.4 Å². The zero-order chi connectivity index (χ0) is 26.6. The zero-order valence-electron chi connectivity index (χ0n) is 20.5. The van der Waals surface area contributed by atoms with Crippen molar-refractivity contribution in [2.24, 2.45) is 0 Å². The number of amides is 2. The first-order valence-corrected chi connectivity index (χ1v) is 11.6. The Kier molecular flexibility index (Phi) is 7.52. The Morgan fingerprint density at radius 1 is 0.973 bits per heavy atom. The maximum Gasteiger partial charge on any atom is 0.573 e. The molecule has 0 fully saturated rings. The topological polar surface area (TPSA) is 63.7 Å². The van der Waals surface area contributed by atoms with E-state index in [1.54, 1.807) is 12.0 Å². The van der Waals surface area contributed by atoms with E-state index in [0.29, 0.717) is 12.2 Å². The largest absolute Gasteiger partial charge is 0.573 e. The summed E-state index contributed by atoms with van der Waals surface area (Å²) in [5.41, 5.74) is 4.03. The van der Waals surface area contributed by atoms with Crippen molar-refractivity contribution in [2.45, 2.75) is 32.8 Å². The van der Waals surface area contributed by atoms with Crippen molar-refractivity contribution in [1.82, 2.24) is 9.88 Å². The van der Waals surface area contributed by atoms with Gasteiger partial charge in [-0.1, -0.05) is 18.2 Å². The van der Waals surface area contributed by atoms with Gasteiger partial charge in [-0.2, -0.15) is 0 Å². The van der Waals surface area contributed by atoms with Crippen LogP contribution in [0.2, 0.25) is 0 Å². The van der Waals surface area contributed by atoms with Crippen molar-refractivity contribution in [2.75, 3.05) is 12.4 Å². The quantitative estimate of drug-likeness (QED) is 0.285. The molecule has 4 rings (SSSR count). The first kappa shape index (κ1) is 25.8. The average Bonchev–Trinajstić information content (AvgIpc) is 2.86. The van der Waals surface area contributed by atoms with E-state index in [1.165, 1.54) is 12.1 Å². The highest BCUT2D eigenvalue weighted by molar-refractivity contribution is 5.89. The maximum absolute atomic E-state index is 13.0. The van der Waals surface area contributed by atoms with Crippen LogP contribution >= 0.6 is 0 Å². The number of urea groups is 1. The first-order chi connectivity index (χ1) is 17.6. The van der Waals surface area contributed by atoms with Gasteiger partial charge in [0, 0.05) is 35.4 Å². The van der Waals surface area contributed by atoms with E-state index < -0.39 is 6.36 Å². The number of halogens is 3. The number of rotatable bonds is 7. The lowest BCUT2D eigenvalue weighted by molar-refractivity contribution is -0.274. The number of anilines is 1. The molecule has 6 nitrogen and oxygen atoms in total. The van der Waals surface area contributed by atoms with Gasteiger partial charge in [0.1, 0.15) is 11.5 Å². The number of nitrogens with zero attached hydrogens (tertiary/aromatic N) is 2. The van der Waals surface area contributed by atoms with Crippen LogP contribution in [0.5, 0.6) is 11.5 Å². The van der Waals surface area contributed by atoms with Gasteiger partial charge in [0.15, 0.2) is 0 Å². The number of fused-ring (bicyclic) bond motifs is 1. The van der Waals surface area contributed by atoms with Gasteiger partial charge in [-0.3, -0.25) is 4.98 Å². The van der Waals surface area contributed by atoms with Crippen molar-refractivity contribution < 1.29 is 27.4 Å². The summed E-state index contributed by atoms with van der Waals surface area (Å²) in [7, 11) is 1.62. The molecule has 0 bridgehead atoms. The summed E-state index contributed by atoms with van der Waals surface area (Å²) >= 11 is 0. The summed E-state index contributed by atoms with van der Waals surface area (Å²) < 4.78 is 46.3. The Bertz CT molecular complexity index is 1390. The standard InChI is InChI=1S/C28H26F3N3O3/c1-18(2)34(27(35)33-23-7-9-24(10-8-23)37-28(29,30)31)17-19-5-4-6-20(13-19)22-14-21-15-25(36-3)11-12-26(21)32-16-22/h4-16,18H,17H2,1-3H3,(H,33,35). The fraction of sp³-hybridized carbons (Fsp3) is 0.214. The van der Waals surface area contributed by atoms with Gasteiger partial charge in [0.25, 0.3) is 0 Å². The Hall–Kier alpha value is -4.27. The van der Waals surface area contributed by atoms with E-state index in [-0.39, 0.29) is 17.8 Å². The summed E-state index contributed by atoms with van der Waals surface area (Å²) in [5, 5.41) is 3.69. The molecule has 0 aliphatic rings. The number of methoxy groups -OCH3 is 1. The van der Waals surface area contributed by atoms with Crippen molar-refractivity contribution in [3.63, 3.8) is 0 Å². The van der Waals surface area contributed by atoms with E-state index >= 15 is 0 Å². The second-order valence-corrected chi connectivity index (χ2v) is 8.71. The monoisotopic (exact) mass is 509 g/mol. The molecule has 4 aromatic rings. The third kappa shape index (κ3) is 6.69. The molecule has 3 aromatic carbocycles. The van der Waals surface area contributed by atoms with Crippen LogP contribution in [0.1, 0.15) is 19.4 Å². The second kappa shape index (κ2) is 10.8. The molecule has 1 aromatic heterocycles. The Morgan fingerprint density at radius 3 is 2.38 bits per heavy atom. The fourth-order valence-electron chi connectivity index (χ4n) is 3.86. The molecule has 0 saturated carbocycles. The van der Waals surface area contributed by atoms with Crippen LogP contribution in [0.4, 0.5) is 23.7 Å². The first-order valence-electron chi connectivity index (χ1n) is 11.6. The number of benzene rings is 3. The second-order valence-electron chi connectivity index (χ2n) is 8.71. The minimum absolute atomic E-state index is 0.133. The normalized spacial score (nSPS) is 11.4. The van der Waals surface area contributed by atoms with E-state index in [1.807, 2.05) is 68.6 Å². The van der Waals surface area contributed by atoms with E-state index in [0.717, 1.165) is 45.5 Å².